The van der Waals surface area contributed by atoms with E-state index in [-0.39, 0.29) is 11.8 Å². The van der Waals surface area contributed by atoms with Crippen LogP contribution in [-0.2, 0) is 11.3 Å². The fourth-order valence-electron chi connectivity index (χ4n) is 2.73. The number of carbonyl (C=O) groups is 1. The molecule has 3 aromatic rings. The van der Waals surface area contributed by atoms with Crippen molar-refractivity contribution in [1.29, 1.82) is 0 Å². The van der Waals surface area contributed by atoms with Crippen LogP contribution in [0, 0.1) is 0 Å². The lowest BCUT2D eigenvalue weighted by atomic mass is 9.96. The predicted octanol–water partition coefficient (Wildman–Crippen LogP) is 1.73. The third kappa shape index (κ3) is 2.71. The number of nitrogen functional groups attached to an aromatic ring is 1. The Bertz CT molecular complexity index is 877. The van der Waals surface area contributed by atoms with Gasteiger partial charge in [0.2, 0.25) is 5.91 Å². The van der Waals surface area contributed by atoms with Gasteiger partial charge in [0.15, 0.2) is 11.0 Å². The van der Waals surface area contributed by atoms with Gasteiger partial charge < -0.3 is 11.1 Å². The van der Waals surface area contributed by atoms with Gasteiger partial charge in [-0.3, -0.25) is 9.78 Å². The van der Waals surface area contributed by atoms with Gasteiger partial charge >= 0.3 is 0 Å². The second-order valence-electron chi connectivity index (χ2n) is 5.45. The number of thiazole rings is 1. The highest BCUT2D eigenvalue weighted by molar-refractivity contribution is 7.15. The first-order valence-corrected chi connectivity index (χ1v) is 8.27. The van der Waals surface area contributed by atoms with Crippen molar-refractivity contribution in [3.63, 3.8) is 0 Å². The SMILES string of the molecule is Nc1nc2c(s1)[C@H](c1cnc(-c3ccccn3)nc1)CC(=O)NC2. The standard InChI is InChI=1S/C16H14N6OS/c17-16-22-12-8-19-13(23)5-10(14(12)24-16)9-6-20-15(21-7-9)11-3-1-2-4-18-11/h1-4,6-7,10H,5,8H2,(H2,17,22)(H,19,23)/t10-/m0/s1. The lowest BCUT2D eigenvalue weighted by molar-refractivity contribution is -0.121. The van der Waals surface area contributed by atoms with Crippen molar-refractivity contribution < 1.29 is 4.79 Å². The molecule has 3 aromatic heterocycles. The van der Waals surface area contributed by atoms with E-state index in [0.717, 1.165) is 16.1 Å². The highest BCUT2D eigenvalue weighted by Crippen LogP contribution is 2.36. The molecule has 0 saturated carbocycles. The zero-order valence-electron chi connectivity index (χ0n) is 12.6. The van der Waals surface area contributed by atoms with E-state index in [0.29, 0.717) is 29.6 Å². The summed E-state index contributed by atoms with van der Waals surface area (Å²) >= 11 is 1.42. The van der Waals surface area contributed by atoms with Gasteiger partial charge in [0.05, 0.1) is 12.2 Å². The fraction of sp³-hybridized carbons (Fsp3) is 0.188. The van der Waals surface area contributed by atoms with E-state index in [1.54, 1.807) is 18.6 Å². The summed E-state index contributed by atoms with van der Waals surface area (Å²) < 4.78 is 0. The monoisotopic (exact) mass is 338 g/mol. The molecule has 0 aliphatic carbocycles. The summed E-state index contributed by atoms with van der Waals surface area (Å²) in [6, 6.07) is 5.59. The van der Waals surface area contributed by atoms with Gasteiger partial charge in [-0.15, -0.1) is 11.3 Å². The van der Waals surface area contributed by atoms with Crippen molar-refractivity contribution in [2.24, 2.45) is 0 Å². The van der Waals surface area contributed by atoms with Gasteiger partial charge in [-0.1, -0.05) is 6.07 Å². The summed E-state index contributed by atoms with van der Waals surface area (Å²) in [6.07, 6.45) is 5.54. The van der Waals surface area contributed by atoms with Gasteiger partial charge in [0.1, 0.15) is 5.69 Å². The molecule has 0 saturated heterocycles. The van der Waals surface area contributed by atoms with Gasteiger partial charge in [-0.2, -0.15) is 0 Å². The zero-order chi connectivity index (χ0) is 16.5. The maximum atomic E-state index is 12.0. The summed E-state index contributed by atoms with van der Waals surface area (Å²) in [5, 5.41) is 3.36. The van der Waals surface area contributed by atoms with Gasteiger partial charge in [-0.05, 0) is 17.7 Å². The van der Waals surface area contributed by atoms with Crippen LogP contribution in [0.1, 0.15) is 28.5 Å². The maximum Gasteiger partial charge on any atom is 0.221 e. The first kappa shape index (κ1) is 14.7. The molecule has 120 valence electrons. The molecule has 0 unspecified atom stereocenters. The Hall–Kier alpha value is -2.87. The number of aromatic nitrogens is 4. The Morgan fingerprint density at radius 1 is 1.21 bits per heavy atom. The highest BCUT2D eigenvalue weighted by atomic mass is 32.1. The number of rotatable bonds is 2. The molecule has 7 nitrogen and oxygen atoms in total. The number of nitrogens with zero attached hydrogens (tertiary/aromatic N) is 4. The molecular weight excluding hydrogens is 324 g/mol. The van der Waals surface area contributed by atoms with Crippen LogP contribution in [0.2, 0.25) is 0 Å². The molecule has 4 rings (SSSR count). The summed E-state index contributed by atoms with van der Waals surface area (Å²) in [5.41, 5.74) is 8.25. The van der Waals surface area contributed by atoms with Crippen molar-refractivity contribution in [3.05, 3.63) is 52.9 Å². The first-order valence-electron chi connectivity index (χ1n) is 7.46. The number of hydrogen-bond donors (Lipinski definition) is 2. The quantitative estimate of drug-likeness (QED) is 0.737. The number of pyridine rings is 1. The van der Waals surface area contributed by atoms with Gasteiger partial charge in [-0.25, -0.2) is 15.0 Å². The molecule has 1 atom stereocenters. The number of fused-ring (bicyclic) bond motifs is 1. The van der Waals surface area contributed by atoms with E-state index in [9.17, 15) is 4.79 Å². The minimum Gasteiger partial charge on any atom is -0.375 e. The molecule has 0 fully saturated rings. The lowest BCUT2D eigenvalue weighted by Gasteiger charge is -2.13. The van der Waals surface area contributed by atoms with Crippen LogP contribution in [0.25, 0.3) is 11.5 Å². The van der Waals surface area contributed by atoms with E-state index in [4.69, 9.17) is 5.73 Å². The third-order valence-electron chi connectivity index (χ3n) is 3.87. The molecule has 0 spiro atoms. The summed E-state index contributed by atoms with van der Waals surface area (Å²) in [4.78, 5) is 30.4. The second kappa shape index (κ2) is 5.97. The van der Waals surface area contributed by atoms with Crippen LogP contribution in [0.4, 0.5) is 5.13 Å². The Labute approximate surface area is 142 Å². The van der Waals surface area contributed by atoms with Crippen LogP contribution in [0.3, 0.4) is 0 Å². The molecule has 0 radical (unpaired) electrons. The predicted molar refractivity (Wildman–Crippen MR) is 90.1 cm³/mol. The van der Waals surface area contributed by atoms with Gasteiger partial charge in [0, 0.05) is 35.8 Å². The maximum absolute atomic E-state index is 12.0. The van der Waals surface area contributed by atoms with E-state index >= 15 is 0 Å². The van der Waals surface area contributed by atoms with Crippen molar-refractivity contribution in [3.8, 4) is 11.5 Å². The average molecular weight is 338 g/mol. The average Bonchev–Trinajstić information content (AvgIpc) is 2.92. The van der Waals surface area contributed by atoms with E-state index in [1.165, 1.54) is 11.3 Å². The van der Waals surface area contributed by atoms with Crippen molar-refractivity contribution in [2.75, 3.05) is 5.73 Å². The lowest BCUT2D eigenvalue weighted by Crippen LogP contribution is -2.21. The molecule has 24 heavy (non-hydrogen) atoms. The normalized spacial score (nSPS) is 17.0. The molecule has 8 heteroatoms. The molecule has 4 heterocycles. The molecule has 0 aromatic carbocycles. The highest BCUT2D eigenvalue weighted by Gasteiger charge is 2.28. The smallest absolute Gasteiger partial charge is 0.221 e. The van der Waals surface area contributed by atoms with Crippen molar-refractivity contribution in [2.45, 2.75) is 18.9 Å². The Morgan fingerprint density at radius 3 is 2.79 bits per heavy atom. The number of carbonyl (C=O) groups excluding carboxylic acids is 1. The number of nitrogens with one attached hydrogen (secondary N) is 1. The molecule has 1 aliphatic rings. The molecule has 1 amide bonds. The van der Waals surface area contributed by atoms with Crippen LogP contribution in [0.5, 0.6) is 0 Å². The molecule has 1 aliphatic heterocycles. The number of nitrogens with two attached hydrogens (primary N) is 1. The molecule has 0 bridgehead atoms. The summed E-state index contributed by atoms with van der Waals surface area (Å²) in [5.74, 6) is 0.411. The van der Waals surface area contributed by atoms with E-state index < -0.39 is 0 Å². The summed E-state index contributed by atoms with van der Waals surface area (Å²) in [7, 11) is 0. The topological polar surface area (TPSA) is 107 Å². The Balaban J connectivity index is 1.71. The Kier molecular flexibility index (Phi) is 3.66. The number of hydrogen-bond acceptors (Lipinski definition) is 7. The fourth-order valence-corrected chi connectivity index (χ4v) is 3.71. The van der Waals surface area contributed by atoms with E-state index in [2.05, 4.69) is 25.3 Å². The minimum atomic E-state index is -0.130. The van der Waals surface area contributed by atoms with E-state index in [1.807, 2.05) is 18.2 Å². The van der Waals surface area contributed by atoms with Gasteiger partial charge in [0.25, 0.3) is 0 Å². The van der Waals surface area contributed by atoms with Crippen LogP contribution in [-0.4, -0.2) is 25.8 Å². The largest absolute Gasteiger partial charge is 0.375 e. The van der Waals surface area contributed by atoms with Crippen LogP contribution >= 0.6 is 11.3 Å². The van der Waals surface area contributed by atoms with Crippen molar-refractivity contribution >= 4 is 22.4 Å². The molecule has 3 N–H and O–H groups in total. The van der Waals surface area contributed by atoms with Crippen molar-refractivity contribution in [1.82, 2.24) is 25.3 Å². The number of anilines is 1. The zero-order valence-corrected chi connectivity index (χ0v) is 13.5. The Morgan fingerprint density at radius 2 is 2.04 bits per heavy atom. The molecular formula is C16H14N6OS. The summed E-state index contributed by atoms with van der Waals surface area (Å²) in [6.45, 7) is 0.408. The van der Waals surface area contributed by atoms with Crippen LogP contribution < -0.4 is 11.1 Å². The van der Waals surface area contributed by atoms with Crippen LogP contribution in [0.15, 0.2) is 36.8 Å². The number of amides is 1. The third-order valence-corrected chi connectivity index (χ3v) is 4.91. The second-order valence-corrected chi connectivity index (χ2v) is 6.51. The minimum absolute atomic E-state index is 0.0161. The first-order chi connectivity index (χ1) is 11.7.